The molecule has 20 heavy (non-hydrogen) atoms. The summed E-state index contributed by atoms with van der Waals surface area (Å²) >= 11 is 1.68. The number of amides is 1. The molecule has 1 aliphatic rings. The molecular weight excluding hydrogens is 275 g/mol. The minimum absolute atomic E-state index is 0.0184. The molecule has 0 saturated carbocycles. The first-order valence-electron chi connectivity index (χ1n) is 7.03. The van der Waals surface area contributed by atoms with Crippen molar-refractivity contribution < 1.29 is 9.18 Å². The third-order valence-corrected chi connectivity index (χ3v) is 5.13. The van der Waals surface area contributed by atoms with Crippen LogP contribution >= 0.6 is 11.8 Å². The summed E-state index contributed by atoms with van der Waals surface area (Å²) in [6, 6.07) is 6.49. The van der Waals surface area contributed by atoms with Gasteiger partial charge in [-0.2, -0.15) is 0 Å². The van der Waals surface area contributed by atoms with E-state index in [0.717, 1.165) is 31.5 Å². The van der Waals surface area contributed by atoms with Crippen molar-refractivity contribution in [2.24, 2.45) is 0 Å². The van der Waals surface area contributed by atoms with E-state index in [0.29, 0.717) is 0 Å². The lowest BCUT2D eigenvalue weighted by Crippen LogP contribution is -2.33. The van der Waals surface area contributed by atoms with Gasteiger partial charge in [0, 0.05) is 6.54 Å². The maximum absolute atomic E-state index is 13.0. The van der Waals surface area contributed by atoms with E-state index < -0.39 is 0 Å². The number of nitrogens with one attached hydrogen (secondary N) is 1. The molecule has 2 rings (SSSR count). The number of halogens is 1. The Hall–Kier alpha value is -1.07. The zero-order valence-corrected chi connectivity index (χ0v) is 12.8. The Bertz CT molecular complexity index is 452. The molecule has 1 aliphatic heterocycles. The molecule has 0 aromatic heterocycles. The highest BCUT2D eigenvalue weighted by Crippen LogP contribution is 2.44. The van der Waals surface area contributed by atoms with Crippen LogP contribution < -0.4 is 5.32 Å². The zero-order valence-electron chi connectivity index (χ0n) is 11.9. The number of carbonyl (C=O) groups is 1. The monoisotopic (exact) mass is 296 g/mol. The average molecular weight is 296 g/mol. The summed E-state index contributed by atoms with van der Waals surface area (Å²) in [4.78, 5) is 14.3. The second kappa shape index (κ2) is 7.09. The number of hydrogen-bond acceptors (Lipinski definition) is 3. The maximum Gasteiger partial charge on any atom is 0.236 e. The van der Waals surface area contributed by atoms with Crippen molar-refractivity contribution in [3.05, 3.63) is 35.6 Å². The molecule has 1 aromatic carbocycles. The first kappa shape index (κ1) is 15.3. The van der Waals surface area contributed by atoms with Crippen LogP contribution in [0.2, 0.25) is 0 Å². The van der Waals surface area contributed by atoms with Crippen LogP contribution in [-0.2, 0) is 4.79 Å². The van der Waals surface area contributed by atoms with Gasteiger partial charge in [-0.1, -0.05) is 19.1 Å². The second-order valence-corrected chi connectivity index (χ2v) is 6.21. The van der Waals surface area contributed by atoms with Crippen LogP contribution in [-0.4, -0.2) is 36.2 Å². The number of hydrogen-bond donors (Lipinski definition) is 1. The van der Waals surface area contributed by atoms with Crippen LogP contribution in [0.25, 0.3) is 0 Å². The van der Waals surface area contributed by atoms with E-state index in [1.807, 2.05) is 18.9 Å². The van der Waals surface area contributed by atoms with Crippen LogP contribution in [0.5, 0.6) is 0 Å². The number of thioether (sulfide) groups is 1. The summed E-state index contributed by atoms with van der Waals surface area (Å²) in [6.07, 6.45) is 1.76. The van der Waals surface area contributed by atoms with E-state index in [9.17, 15) is 9.18 Å². The molecular formula is C15H21FN2OS. The van der Waals surface area contributed by atoms with Crippen LogP contribution in [0, 0.1) is 5.82 Å². The lowest BCUT2D eigenvalue weighted by atomic mass is 10.2. The summed E-state index contributed by atoms with van der Waals surface area (Å²) in [7, 11) is 1.91. The molecule has 1 saturated heterocycles. The fraction of sp³-hybridized carbons (Fsp3) is 0.533. The van der Waals surface area contributed by atoms with Gasteiger partial charge in [0.2, 0.25) is 5.91 Å². The predicted molar refractivity (Wildman–Crippen MR) is 81.1 cm³/mol. The largest absolute Gasteiger partial charge is 0.326 e. The molecule has 0 aliphatic carbocycles. The van der Waals surface area contributed by atoms with E-state index in [1.54, 1.807) is 23.9 Å². The molecule has 0 spiro atoms. The molecule has 0 radical (unpaired) electrons. The van der Waals surface area contributed by atoms with E-state index >= 15 is 0 Å². The fourth-order valence-corrected chi connectivity index (χ4v) is 3.82. The third-order valence-electron chi connectivity index (χ3n) is 3.49. The van der Waals surface area contributed by atoms with Crippen molar-refractivity contribution in [2.75, 3.05) is 20.1 Å². The van der Waals surface area contributed by atoms with Crippen molar-refractivity contribution in [2.45, 2.75) is 30.4 Å². The van der Waals surface area contributed by atoms with Crippen molar-refractivity contribution in [3.8, 4) is 0 Å². The smallest absolute Gasteiger partial charge is 0.236 e. The zero-order chi connectivity index (χ0) is 14.5. The van der Waals surface area contributed by atoms with Gasteiger partial charge in [0.25, 0.3) is 0 Å². The number of rotatable bonds is 6. The molecule has 0 unspecified atom stereocenters. The molecule has 1 amide bonds. The molecule has 1 heterocycles. The summed E-state index contributed by atoms with van der Waals surface area (Å²) in [5, 5.41) is 3.15. The lowest BCUT2D eigenvalue weighted by Gasteiger charge is -2.24. The molecule has 2 atom stereocenters. The fourth-order valence-electron chi connectivity index (χ4n) is 2.40. The lowest BCUT2D eigenvalue weighted by molar-refractivity contribution is -0.130. The standard InChI is InChI=1S/C15H21FN2OS/c1-3-13-14(19)18(10-4-9-17-2)15(20-13)11-5-7-12(16)8-6-11/h5-8,13,15,17H,3-4,9-10H2,1-2H3/t13-,15-/m1/s1. The van der Waals surface area contributed by atoms with Gasteiger partial charge in [0.1, 0.15) is 11.2 Å². The second-order valence-electron chi connectivity index (χ2n) is 4.93. The molecule has 1 N–H and O–H groups in total. The van der Waals surface area contributed by atoms with Gasteiger partial charge < -0.3 is 10.2 Å². The summed E-state index contributed by atoms with van der Waals surface area (Å²) < 4.78 is 13.0. The highest BCUT2D eigenvalue weighted by atomic mass is 32.2. The van der Waals surface area contributed by atoms with Crippen molar-refractivity contribution in [3.63, 3.8) is 0 Å². The third kappa shape index (κ3) is 3.33. The van der Waals surface area contributed by atoms with Crippen LogP contribution in [0.4, 0.5) is 4.39 Å². The van der Waals surface area contributed by atoms with Gasteiger partial charge in [0.15, 0.2) is 0 Å². The van der Waals surface area contributed by atoms with Gasteiger partial charge in [-0.3, -0.25) is 4.79 Å². The average Bonchev–Trinajstić information content (AvgIpc) is 2.77. The topological polar surface area (TPSA) is 32.3 Å². The summed E-state index contributed by atoms with van der Waals surface area (Å²) in [5.74, 6) is -0.0280. The maximum atomic E-state index is 13.0. The quantitative estimate of drug-likeness (QED) is 0.819. The highest BCUT2D eigenvalue weighted by molar-refractivity contribution is 8.01. The van der Waals surface area contributed by atoms with Crippen LogP contribution in [0.1, 0.15) is 30.7 Å². The van der Waals surface area contributed by atoms with Gasteiger partial charge >= 0.3 is 0 Å². The highest BCUT2D eigenvalue weighted by Gasteiger charge is 2.39. The number of carbonyl (C=O) groups excluding carboxylic acids is 1. The van der Waals surface area contributed by atoms with Crippen molar-refractivity contribution >= 4 is 17.7 Å². The Morgan fingerprint density at radius 2 is 2.05 bits per heavy atom. The molecule has 0 bridgehead atoms. The molecule has 1 aromatic rings. The van der Waals surface area contributed by atoms with Crippen molar-refractivity contribution in [1.82, 2.24) is 10.2 Å². The summed E-state index contributed by atoms with van der Waals surface area (Å²) in [5.41, 5.74) is 1.00. The van der Waals surface area contributed by atoms with Crippen molar-refractivity contribution in [1.29, 1.82) is 0 Å². The SMILES string of the molecule is CC[C@H]1S[C@H](c2ccc(F)cc2)N(CCCNC)C1=O. The van der Waals surface area contributed by atoms with Crippen LogP contribution in [0.15, 0.2) is 24.3 Å². The predicted octanol–water partition coefficient (Wildman–Crippen LogP) is 2.79. The number of nitrogens with zero attached hydrogens (tertiary/aromatic N) is 1. The normalized spacial score (nSPS) is 22.6. The number of benzene rings is 1. The van der Waals surface area contributed by atoms with Gasteiger partial charge in [-0.15, -0.1) is 11.8 Å². The Kier molecular flexibility index (Phi) is 5.43. The first-order chi connectivity index (χ1) is 9.67. The minimum Gasteiger partial charge on any atom is -0.326 e. The minimum atomic E-state index is -0.239. The Labute approximate surface area is 123 Å². The molecule has 3 nitrogen and oxygen atoms in total. The molecule has 1 fully saturated rings. The molecule has 5 heteroatoms. The van der Waals surface area contributed by atoms with Gasteiger partial charge in [-0.05, 0) is 44.1 Å². The Morgan fingerprint density at radius 1 is 1.35 bits per heavy atom. The van der Waals surface area contributed by atoms with E-state index in [-0.39, 0.29) is 22.3 Å². The van der Waals surface area contributed by atoms with E-state index in [1.165, 1.54) is 12.1 Å². The first-order valence-corrected chi connectivity index (χ1v) is 7.97. The van der Waals surface area contributed by atoms with Gasteiger partial charge in [-0.25, -0.2) is 4.39 Å². The Balaban J connectivity index is 2.15. The van der Waals surface area contributed by atoms with Crippen LogP contribution in [0.3, 0.4) is 0 Å². The summed E-state index contributed by atoms with van der Waals surface area (Å²) in [6.45, 7) is 3.67. The van der Waals surface area contributed by atoms with E-state index in [4.69, 9.17) is 0 Å². The molecule has 110 valence electrons. The van der Waals surface area contributed by atoms with Gasteiger partial charge in [0.05, 0.1) is 5.25 Å². The Morgan fingerprint density at radius 3 is 2.65 bits per heavy atom. The van der Waals surface area contributed by atoms with E-state index in [2.05, 4.69) is 5.32 Å².